The molecule has 3 rings (SSSR count). The monoisotopic (exact) mass is 556 g/mol. The molecule has 0 radical (unpaired) electrons. The number of hydrogen-bond donors (Lipinski definition) is 0. The maximum absolute atomic E-state index is 12.8. The number of pyridine rings is 1. The van der Waals surface area contributed by atoms with Crippen molar-refractivity contribution in [3.63, 3.8) is 0 Å². The summed E-state index contributed by atoms with van der Waals surface area (Å²) in [6.07, 6.45) is 5.68. The van der Waals surface area contributed by atoms with Crippen LogP contribution in [0.3, 0.4) is 0 Å². The van der Waals surface area contributed by atoms with E-state index in [4.69, 9.17) is 14.5 Å². The summed E-state index contributed by atoms with van der Waals surface area (Å²) in [5, 5.41) is 0. The average Bonchev–Trinajstić information content (AvgIpc) is 2.94. The minimum Gasteiger partial charge on any atom is -0.497 e. The maximum Gasteiger partial charge on any atom is 0.410 e. The largest absolute Gasteiger partial charge is 0.497 e. The molecule has 2 heterocycles. The predicted molar refractivity (Wildman–Crippen MR) is 169 cm³/mol. The molecule has 1 atom stereocenters. The molecule has 0 bridgehead atoms. The second-order valence-electron chi connectivity index (χ2n) is 11.1. The minimum atomic E-state index is -0.537. The number of nitrogens with zero attached hydrogens (tertiary/aromatic N) is 4. The Morgan fingerprint density at radius 1 is 1.20 bits per heavy atom. The Hall–Kier alpha value is -4.13. The Bertz CT molecular complexity index is 1340. The van der Waals surface area contributed by atoms with Crippen LogP contribution in [0.15, 0.2) is 90.4 Å². The van der Waals surface area contributed by atoms with Gasteiger partial charge >= 0.3 is 6.09 Å². The molecule has 0 spiro atoms. The Kier molecular flexibility index (Phi) is 10.7. The maximum atomic E-state index is 12.8. The smallest absolute Gasteiger partial charge is 0.410 e. The van der Waals surface area contributed by atoms with E-state index in [1.54, 1.807) is 24.4 Å². The summed E-state index contributed by atoms with van der Waals surface area (Å²) in [4.78, 5) is 26.4. The molecule has 0 saturated carbocycles. The number of aliphatic imine (C=N–C) groups is 1. The molecule has 0 aliphatic carbocycles. The summed E-state index contributed by atoms with van der Waals surface area (Å²) < 4.78 is 11.1. The lowest BCUT2D eigenvalue weighted by Crippen LogP contribution is -2.54. The van der Waals surface area contributed by atoms with Crippen molar-refractivity contribution >= 4 is 23.0 Å². The average molecular weight is 557 g/mol. The highest BCUT2D eigenvalue weighted by Crippen LogP contribution is 2.33. The number of rotatable bonds is 9. The number of hydrogen-bond acceptors (Lipinski definition) is 6. The first-order valence-electron chi connectivity index (χ1n) is 14.0. The van der Waals surface area contributed by atoms with Crippen LogP contribution in [0.4, 0.5) is 4.79 Å². The molecular weight excluding hydrogens is 512 g/mol. The zero-order chi connectivity index (χ0) is 30.2. The third-order valence-corrected chi connectivity index (χ3v) is 6.97. The summed E-state index contributed by atoms with van der Waals surface area (Å²) in [7, 11) is 1.66. The van der Waals surface area contributed by atoms with Gasteiger partial charge in [0.05, 0.1) is 18.5 Å². The standard InChI is InChI=1S/C34H44N4O3/c1-10-29(30-17-12-13-18-36-30)32(31(35-11-2)21-24(3)27-15-14-16-28(22-27)40-9)26(5)38-20-19-37(23-25(38)4)33(39)41-34(6,7)8/h10-18,22,25H,2-3,19-21,23H2,1,4-9H3/b29-10-,32-26+,35-31?/t25-/m0/s1. The first kappa shape index (κ1) is 31.4. The quantitative estimate of drug-likeness (QED) is 0.238. The van der Waals surface area contributed by atoms with Crippen molar-refractivity contribution in [2.24, 2.45) is 4.99 Å². The van der Waals surface area contributed by atoms with Crippen LogP contribution in [0.5, 0.6) is 5.75 Å². The summed E-state index contributed by atoms with van der Waals surface area (Å²) in [5.41, 5.74) is 6.06. The van der Waals surface area contributed by atoms with E-state index in [2.05, 4.69) is 43.0 Å². The molecule has 1 saturated heterocycles. The van der Waals surface area contributed by atoms with E-state index >= 15 is 0 Å². The highest BCUT2D eigenvalue weighted by Gasteiger charge is 2.32. The molecule has 2 aromatic rings. The number of carbonyl (C=O) groups is 1. The van der Waals surface area contributed by atoms with Gasteiger partial charge in [-0.15, -0.1) is 0 Å². The number of benzene rings is 1. The summed E-state index contributed by atoms with van der Waals surface area (Å²) in [6.45, 7) is 22.0. The zero-order valence-electron chi connectivity index (χ0n) is 25.6. The van der Waals surface area contributed by atoms with Gasteiger partial charge in [-0.05, 0) is 76.9 Å². The van der Waals surface area contributed by atoms with Crippen molar-refractivity contribution in [2.45, 2.75) is 59.6 Å². The van der Waals surface area contributed by atoms with Crippen LogP contribution >= 0.6 is 0 Å². The zero-order valence-corrected chi connectivity index (χ0v) is 25.6. The number of aromatic nitrogens is 1. The van der Waals surface area contributed by atoms with Gasteiger partial charge in [-0.3, -0.25) is 9.98 Å². The third-order valence-electron chi connectivity index (χ3n) is 6.97. The first-order valence-corrected chi connectivity index (χ1v) is 14.0. The van der Waals surface area contributed by atoms with E-state index in [-0.39, 0.29) is 12.1 Å². The van der Waals surface area contributed by atoms with Crippen LogP contribution in [0.2, 0.25) is 0 Å². The lowest BCUT2D eigenvalue weighted by atomic mass is 9.89. The molecular formula is C34H44N4O3. The van der Waals surface area contributed by atoms with Gasteiger partial charge in [0.25, 0.3) is 0 Å². The van der Waals surface area contributed by atoms with Gasteiger partial charge in [0.2, 0.25) is 0 Å². The lowest BCUT2D eigenvalue weighted by Gasteiger charge is -2.42. The summed E-state index contributed by atoms with van der Waals surface area (Å²) in [5.74, 6) is 0.775. The third kappa shape index (κ3) is 8.19. The summed E-state index contributed by atoms with van der Waals surface area (Å²) >= 11 is 0. The van der Waals surface area contributed by atoms with Gasteiger partial charge in [-0.2, -0.15) is 0 Å². The number of methoxy groups -OCH3 is 1. The number of amides is 1. The van der Waals surface area contributed by atoms with Crippen LogP contribution in [0.1, 0.15) is 59.2 Å². The van der Waals surface area contributed by atoms with Gasteiger partial charge in [0, 0.05) is 61.3 Å². The van der Waals surface area contributed by atoms with Crippen molar-refractivity contribution < 1.29 is 14.3 Å². The van der Waals surface area contributed by atoms with Gasteiger partial charge in [0.15, 0.2) is 0 Å². The molecule has 7 heteroatoms. The molecule has 1 fully saturated rings. The first-order chi connectivity index (χ1) is 19.5. The summed E-state index contributed by atoms with van der Waals surface area (Å²) in [6, 6.07) is 13.9. The van der Waals surface area contributed by atoms with Crippen LogP contribution in [0.25, 0.3) is 11.1 Å². The Morgan fingerprint density at radius 3 is 2.54 bits per heavy atom. The van der Waals surface area contributed by atoms with Gasteiger partial charge in [-0.1, -0.05) is 37.4 Å². The highest BCUT2D eigenvalue weighted by atomic mass is 16.6. The van der Waals surface area contributed by atoms with Crippen molar-refractivity contribution in [1.29, 1.82) is 0 Å². The van der Waals surface area contributed by atoms with Crippen LogP contribution in [-0.4, -0.2) is 65.0 Å². The highest BCUT2D eigenvalue weighted by molar-refractivity contribution is 6.16. The van der Waals surface area contributed by atoms with Crippen molar-refractivity contribution in [3.05, 3.63) is 96.6 Å². The Morgan fingerprint density at radius 2 is 1.95 bits per heavy atom. The second kappa shape index (κ2) is 14.0. The van der Waals surface area contributed by atoms with E-state index in [1.165, 1.54) is 0 Å². The fraction of sp³-hybridized carbons (Fsp3) is 0.382. The van der Waals surface area contributed by atoms with Gasteiger partial charge < -0.3 is 19.3 Å². The second-order valence-corrected chi connectivity index (χ2v) is 11.1. The molecule has 0 N–H and O–H groups in total. The lowest BCUT2D eigenvalue weighted by molar-refractivity contribution is 0.0101. The van der Waals surface area contributed by atoms with Crippen molar-refractivity contribution in [3.8, 4) is 5.75 Å². The normalized spacial score (nSPS) is 17.1. The molecule has 1 aliphatic rings. The van der Waals surface area contributed by atoms with Crippen LogP contribution < -0.4 is 4.74 Å². The Balaban J connectivity index is 2.05. The predicted octanol–water partition coefficient (Wildman–Crippen LogP) is 7.40. The van der Waals surface area contributed by atoms with Crippen molar-refractivity contribution in [2.75, 3.05) is 26.7 Å². The van der Waals surface area contributed by atoms with E-state index in [0.29, 0.717) is 26.1 Å². The van der Waals surface area contributed by atoms with Crippen molar-refractivity contribution in [1.82, 2.24) is 14.8 Å². The number of carbonyl (C=O) groups excluding carboxylic acids is 1. The molecule has 7 nitrogen and oxygen atoms in total. The number of allylic oxidation sites excluding steroid dienone is 5. The minimum absolute atomic E-state index is 0.0553. The molecule has 0 unspecified atom stereocenters. The Labute approximate surface area is 245 Å². The van der Waals surface area contributed by atoms with Gasteiger partial charge in [-0.25, -0.2) is 4.79 Å². The fourth-order valence-corrected chi connectivity index (χ4v) is 5.05. The number of ether oxygens (including phenoxy) is 2. The van der Waals surface area contributed by atoms with Crippen LogP contribution in [-0.2, 0) is 4.74 Å². The fourth-order valence-electron chi connectivity index (χ4n) is 5.05. The molecule has 218 valence electrons. The topological polar surface area (TPSA) is 67.3 Å². The van der Waals surface area contributed by atoms with E-state index < -0.39 is 5.60 Å². The number of piperazine rings is 1. The SMILES string of the molecule is C=CN=C(CC(=C)c1cccc(OC)c1)C(/C(=C\C)c1ccccn1)=C(\C)N1CCN(C(=O)OC(C)(C)C)C[C@@H]1C. The van der Waals surface area contributed by atoms with Gasteiger partial charge in [0.1, 0.15) is 11.4 Å². The molecule has 1 aromatic carbocycles. The molecule has 1 aliphatic heterocycles. The van der Waals surface area contributed by atoms with E-state index in [0.717, 1.165) is 45.1 Å². The van der Waals surface area contributed by atoms with Crippen LogP contribution in [0, 0.1) is 0 Å². The van der Waals surface area contributed by atoms with E-state index in [1.807, 2.05) is 70.2 Å². The molecule has 41 heavy (non-hydrogen) atoms. The molecule has 1 amide bonds. The molecule has 1 aromatic heterocycles. The van der Waals surface area contributed by atoms with E-state index in [9.17, 15) is 4.79 Å².